The van der Waals surface area contributed by atoms with Crippen LogP contribution in [-0.2, 0) is 15.9 Å². The highest BCUT2D eigenvalue weighted by Crippen LogP contribution is 2.31. The zero-order valence-electron chi connectivity index (χ0n) is 24.4. The van der Waals surface area contributed by atoms with Gasteiger partial charge in [-0.2, -0.15) is 5.10 Å². The van der Waals surface area contributed by atoms with Crippen molar-refractivity contribution in [3.63, 3.8) is 0 Å². The Labute approximate surface area is 250 Å². The maximum absolute atomic E-state index is 13.0. The summed E-state index contributed by atoms with van der Waals surface area (Å²) in [5.74, 6) is 0.564. The first-order valence-electron chi connectivity index (χ1n) is 14.0. The van der Waals surface area contributed by atoms with Gasteiger partial charge in [0.1, 0.15) is 6.26 Å². The zero-order valence-corrected chi connectivity index (χ0v) is 24.4. The molecule has 0 aliphatic carbocycles. The van der Waals surface area contributed by atoms with Crippen molar-refractivity contribution in [1.82, 2.24) is 10.2 Å². The fourth-order valence-corrected chi connectivity index (χ4v) is 5.02. The lowest BCUT2D eigenvalue weighted by Crippen LogP contribution is -2.15. The normalized spacial score (nSPS) is 12.8. The third kappa shape index (κ3) is 6.23. The van der Waals surface area contributed by atoms with Crippen LogP contribution >= 0.6 is 0 Å². The van der Waals surface area contributed by atoms with Crippen molar-refractivity contribution in [2.75, 3.05) is 43.1 Å². The number of aromatic nitrogens is 2. The molecule has 5 aromatic rings. The number of nitrogens with one attached hydrogen (secondary N) is 2. The van der Waals surface area contributed by atoms with Crippen LogP contribution in [0.1, 0.15) is 21.6 Å². The van der Waals surface area contributed by atoms with Crippen LogP contribution < -0.4 is 15.1 Å². The number of ether oxygens (including phenoxy) is 2. The van der Waals surface area contributed by atoms with Gasteiger partial charge in [-0.1, -0.05) is 42.5 Å². The van der Waals surface area contributed by atoms with E-state index in [2.05, 4.69) is 56.8 Å². The first kappa shape index (κ1) is 27.7. The Kier molecular flexibility index (Phi) is 7.82. The smallest absolute Gasteiger partial charge is 0.255 e. The van der Waals surface area contributed by atoms with Crippen molar-refractivity contribution < 1.29 is 14.3 Å². The maximum Gasteiger partial charge on any atom is 0.255 e. The number of aromatic amines is 1. The van der Waals surface area contributed by atoms with Crippen molar-refractivity contribution in [3.8, 4) is 0 Å². The number of amides is 1. The number of hydrogen-bond donors (Lipinski definition) is 2. The lowest BCUT2D eigenvalue weighted by atomic mass is 10.0. The Morgan fingerprint density at radius 2 is 1.70 bits per heavy atom. The monoisotopic (exact) mass is 571 g/mol. The van der Waals surface area contributed by atoms with Gasteiger partial charge < -0.3 is 24.6 Å². The predicted molar refractivity (Wildman–Crippen MR) is 173 cm³/mol. The summed E-state index contributed by atoms with van der Waals surface area (Å²) >= 11 is 0. The third-order valence-corrected chi connectivity index (χ3v) is 7.42. The van der Waals surface area contributed by atoms with E-state index in [9.17, 15) is 4.79 Å². The molecule has 2 N–H and O–H groups in total. The highest BCUT2D eigenvalue weighted by Gasteiger charge is 2.16. The fraction of sp³-hybridized carbons (Fsp3) is 0.143. The number of hydrogen-bond acceptors (Lipinski definition) is 6. The molecule has 2 heterocycles. The highest BCUT2D eigenvalue weighted by atomic mass is 16.7. The first-order chi connectivity index (χ1) is 20.9. The Hall–Kier alpha value is -5.50. The molecule has 1 aromatic heterocycles. The minimum Gasteiger partial charge on any atom is -0.461 e. The summed E-state index contributed by atoms with van der Waals surface area (Å²) in [6, 6.07) is 31.8. The van der Waals surface area contributed by atoms with Gasteiger partial charge in [0.05, 0.1) is 11.2 Å². The summed E-state index contributed by atoms with van der Waals surface area (Å²) in [5, 5.41) is 11.8. The predicted octanol–water partition coefficient (Wildman–Crippen LogP) is 7.12. The molecular weight excluding hydrogens is 538 g/mol. The largest absolute Gasteiger partial charge is 0.461 e. The molecular formula is C35H33N5O3. The molecule has 1 aliphatic rings. The van der Waals surface area contributed by atoms with E-state index in [-0.39, 0.29) is 12.7 Å². The molecule has 0 saturated heterocycles. The van der Waals surface area contributed by atoms with Gasteiger partial charge in [-0.25, -0.2) is 0 Å². The molecule has 6 rings (SSSR count). The number of allylic oxidation sites excluding steroid dienone is 1. The van der Waals surface area contributed by atoms with Crippen LogP contribution in [0.15, 0.2) is 115 Å². The average Bonchev–Trinajstić information content (AvgIpc) is 3.71. The zero-order chi connectivity index (χ0) is 29.8. The van der Waals surface area contributed by atoms with Crippen molar-refractivity contribution in [1.29, 1.82) is 0 Å². The van der Waals surface area contributed by atoms with E-state index in [0.29, 0.717) is 17.7 Å². The number of carbonyl (C=O) groups is 1. The average molecular weight is 572 g/mol. The molecule has 1 amide bonds. The van der Waals surface area contributed by atoms with Crippen molar-refractivity contribution >= 4 is 45.6 Å². The van der Waals surface area contributed by atoms with Crippen molar-refractivity contribution in [2.45, 2.75) is 6.42 Å². The lowest BCUT2D eigenvalue weighted by molar-refractivity contribution is 0.0830. The summed E-state index contributed by atoms with van der Waals surface area (Å²) in [4.78, 5) is 17.0. The molecule has 8 heteroatoms. The minimum atomic E-state index is -0.153. The Morgan fingerprint density at radius 3 is 2.49 bits per heavy atom. The van der Waals surface area contributed by atoms with Crippen LogP contribution in [-0.4, -0.2) is 44.0 Å². The second-order valence-electron chi connectivity index (χ2n) is 10.6. The summed E-state index contributed by atoms with van der Waals surface area (Å²) in [6.45, 7) is 0.215. The van der Waals surface area contributed by atoms with Crippen molar-refractivity contribution in [2.24, 2.45) is 0 Å². The Balaban J connectivity index is 1.22. The van der Waals surface area contributed by atoms with Gasteiger partial charge in [-0.15, -0.1) is 0 Å². The van der Waals surface area contributed by atoms with E-state index in [0.717, 1.165) is 44.9 Å². The fourth-order valence-electron chi connectivity index (χ4n) is 5.02. The third-order valence-electron chi connectivity index (χ3n) is 7.42. The van der Waals surface area contributed by atoms with Gasteiger partial charge in [0, 0.05) is 66.8 Å². The standard InChI is InChI=1S/C35H33N5O3/c1-39(2)28-13-7-11-25(18-28)35(41)36-27-12-8-14-29(20-27)40(3)30-15-16-31-32(37-38-33(31)21-30)19-26(34-22-42-23-43-34)17-24-9-5-4-6-10-24/h4-16,18-22H,17,23H2,1-3H3,(H,36,41)(H,37,38). The molecule has 43 heavy (non-hydrogen) atoms. The molecule has 1 aliphatic heterocycles. The second-order valence-corrected chi connectivity index (χ2v) is 10.6. The Morgan fingerprint density at radius 1 is 0.907 bits per heavy atom. The quantitative estimate of drug-likeness (QED) is 0.196. The summed E-state index contributed by atoms with van der Waals surface area (Å²) in [6.07, 6.45) is 4.41. The first-order valence-corrected chi connectivity index (χ1v) is 14.0. The molecule has 0 unspecified atom stereocenters. The number of anilines is 4. The summed E-state index contributed by atoms with van der Waals surface area (Å²) in [5.41, 5.74) is 8.13. The molecule has 8 nitrogen and oxygen atoms in total. The number of benzene rings is 4. The molecule has 0 atom stereocenters. The van der Waals surface area contributed by atoms with Gasteiger partial charge >= 0.3 is 0 Å². The van der Waals surface area contributed by atoms with Gasteiger partial charge in [0.25, 0.3) is 5.91 Å². The van der Waals surface area contributed by atoms with E-state index in [1.165, 1.54) is 5.56 Å². The molecule has 216 valence electrons. The SMILES string of the molecule is CN(C)c1cccc(C(=O)Nc2cccc(N(C)c3ccc4c(C=C(Cc5ccccc5)C5=COCO5)n[nH]c4c3)c2)c1. The van der Waals surface area contributed by atoms with E-state index >= 15 is 0 Å². The lowest BCUT2D eigenvalue weighted by Gasteiger charge is -2.20. The molecule has 0 bridgehead atoms. The molecule has 0 saturated carbocycles. The second kappa shape index (κ2) is 12.2. The maximum atomic E-state index is 13.0. The van der Waals surface area contributed by atoms with Crippen LogP contribution in [0, 0.1) is 0 Å². The molecule has 0 spiro atoms. The molecule has 0 fully saturated rings. The Bertz CT molecular complexity index is 1820. The van der Waals surface area contributed by atoms with Crippen molar-refractivity contribution in [3.05, 3.63) is 131 Å². The number of carbonyl (C=O) groups excluding carboxylic acids is 1. The number of H-pyrrole nitrogens is 1. The van der Waals surface area contributed by atoms with E-state index < -0.39 is 0 Å². The molecule has 0 radical (unpaired) electrons. The molecule has 4 aromatic carbocycles. The van der Waals surface area contributed by atoms with E-state index in [4.69, 9.17) is 9.47 Å². The minimum absolute atomic E-state index is 0.153. The van der Waals surface area contributed by atoms with Gasteiger partial charge in [-0.3, -0.25) is 9.89 Å². The van der Waals surface area contributed by atoms with Crippen LogP contribution in [0.25, 0.3) is 17.0 Å². The van der Waals surface area contributed by atoms with Crippen LogP contribution in [0.5, 0.6) is 0 Å². The van der Waals surface area contributed by atoms with Gasteiger partial charge in [0.2, 0.25) is 6.79 Å². The summed E-state index contributed by atoms with van der Waals surface area (Å²) < 4.78 is 11.1. The summed E-state index contributed by atoms with van der Waals surface area (Å²) in [7, 11) is 5.91. The highest BCUT2D eigenvalue weighted by molar-refractivity contribution is 6.05. The van der Waals surface area contributed by atoms with Crippen LogP contribution in [0.2, 0.25) is 0 Å². The van der Waals surface area contributed by atoms with E-state index in [1.807, 2.05) is 92.8 Å². The van der Waals surface area contributed by atoms with Gasteiger partial charge in [0.15, 0.2) is 5.76 Å². The van der Waals surface area contributed by atoms with Gasteiger partial charge in [-0.05, 0) is 66.2 Å². The van der Waals surface area contributed by atoms with E-state index in [1.54, 1.807) is 6.26 Å². The number of rotatable bonds is 9. The van der Waals surface area contributed by atoms with Crippen LogP contribution in [0.3, 0.4) is 0 Å². The van der Waals surface area contributed by atoms with Crippen LogP contribution in [0.4, 0.5) is 22.7 Å². The number of fused-ring (bicyclic) bond motifs is 1. The topological polar surface area (TPSA) is 82.7 Å². The number of nitrogens with zero attached hydrogens (tertiary/aromatic N) is 3.